The van der Waals surface area contributed by atoms with Crippen molar-refractivity contribution in [3.63, 3.8) is 0 Å². The van der Waals surface area contributed by atoms with Crippen LogP contribution in [-0.4, -0.2) is 46.1 Å². The number of benzene rings is 1. The lowest BCUT2D eigenvalue weighted by Gasteiger charge is -2.25. The molecule has 5 nitrogen and oxygen atoms in total. The van der Waals surface area contributed by atoms with Crippen molar-refractivity contribution < 1.29 is 0 Å². The first-order valence-corrected chi connectivity index (χ1v) is 6.31. The van der Waals surface area contributed by atoms with Gasteiger partial charge in [0.25, 0.3) is 0 Å². The van der Waals surface area contributed by atoms with E-state index in [1.807, 2.05) is 36.5 Å². The first-order valence-electron chi connectivity index (χ1n) is 6.31. The Balaban J connectivity index is 1.69. The molecule has 1 saturated heterocycles. The highest BCUT2D eigenvalue weighted by Gasteiger charge is 2.12. The fourth-order valence-electron chi connectivity index (χ4n) is 2.15. The van der Waals surface area contributed by atoms with Gasteiger partial charge in [-0.1, -0.05) is 18.2 Å². The number of nitrogens with zero attached hydrogens (tertiary/aromatic N) is 4. The molecule has 1 aliphatic heterocycles. The fourth-order valence-corrected chi connectivity index (χ4v) is 2.15. The smallest absolute Gasteiger partial charge is 0.0971 e. The lowest BCUT2D eigenvalue weighted by atomic mass is 10.3. The molecule has 1 N–H and O–H groups in total. The molecule has 94 valence electrons. The quantitative estimate of drug-likeness (QED) is 0.861. The van der Waals surface area contributed by atoms with Gasteiger partial charge in [0, 0.05) is 32.7 Å². The van der Waals surface area contributed by atoms with E-state index in [4.69, 9.17) is 0 Å². The third-order valence-electron chi connectivity index (χ3n) is 3.12. The Morgan fingerprint density at radius 2 is 1.89 bits per heavy atom. The summed E-state index contributed by atoms with van der Waals surface area (Å²) < 4.78 is 0. The predicted octanol–water partition coefficient (Wildman–Crippen LogP) is 0.672. The van der Waals surface area contributed by atoms with E-state index >= 15 is 0 Å². The molecule has 5 heteroatoms. The highest BCUT2D eigenvalue weighted by Crippen LogP contribution is 2.06. The average molecular weight is 243 g/mol. The summed E-state index contributed by atoms with van der Waals surface area (Å²) in [5.41, 5.74) is 2.03. The number of hydrogen-bond acceptors (Lipinski definition) is 4. The first-order chi connectivity index (χ1) is 8.92. The minimum atomic E-state index is 0.883. The summed E-state index contributed by atoms with van der Waals surface area (Å²) in [5, 5.41) is 12.2. The minimum Gasteiger partial charge on any atom is -0.314 e. The Bertz CT molecular complexity index is 487. The van der Waals surface area contributed by atoms with E-state index in [0.717, 1.165) is 44.1 Å². The molecule has 3 rings (SSSR count). The summed E-state index contributed by atoms with van der Waals surface area (Å²) in [4.78, 5) is 4.09. The number of hydrogen-bond donors (Lipinski definition) is 1. The molecular weight excluding hydrogens is 226 g/mol. The number of nitrogens with one attached hydrogen (secondary N) is 1. The Morgan fingerprint density at radius 3 is 2.67 bits per heavy atom. The summed E-state index contributed by atoms with van der Waals surface area (Å²) >= 11 is 0. The van der Waals surface area contributed by atoms with Gasteiger partial charge in [-0.25, -0.2) is 0 Å². The second-order valence-electron chi connectivity index (χ2n) is 4.49. The maximum Gasteiger partial charge on any atom is 0.0971 e. The summed E-state index contributed by atoms with van der Waals surface area (Å²) in [6.45, 7) is 5.17. The molecule has 0 spiro atoms. The number of aromatic nitrogens is 3. The summed E-state index contributed by atoms with van der Waals surface area (Å²) in [6.07, 6.45) is 1.86. The van der Waals surface area contributed by atoms with E-state index in [1.54, 1.807) is 4.80 Å². The van der Waals surface area contributed by atoms with Gasteiger partial charge in [0.15, 0.2) is 0 Å². The normalized spacial score (nSPS) is 16.9. The zero-order valence-corrected chi connectivity index (χ0v) is 10.3. The van der Waals surface area contributed by atoms with Crippen molar-refractivity contribution in [3.05, 3.63) is 42.2 Å². The molecule has 1 aromatic heterocycles. The van der Waals surface area contributed by atoms with Crippen LogP contribution in [0.5, 0.6) is 0 Å². The minimum absolute atomic E-state index is 0.883. The Morgan fingerprint density at radius 1 is 1.11 bits per heavy atom. The highest BCUT2D eigenvalue weighted by molar-refractivity contribution is 5.28. The van der Waals surface area contributed by atoms with Crippen LogP contribution in [0.3, 0.4) is 0 Å². The van der Waals surface area contributed by atoms with Gasteiger partial charge in [-0.05, 0) is 12.1 Å². The van der Waals surface area contributed by atoms with E-state index in [1.165, 1.54) is 0 Å². The zero-order chi connectivity index (χ0) is 12.2. The molecule has 0 bridgehead atoms. The topological polar surface area (TPSA) is 46.0 Å². The van der Waals surface area contributed by atoms with Crippen LogP contribution in [0.25, 0.3) is 5.69 Å². The average Bonchev–Trinajstić information content (AvgIpc) is 2.89. The molecular formula is C13H17N5. The standard InChI is InChI=1S/C13H17N5/c1-2-4-13(5-3-1)18-15-10-12(16-18)11-17-8-6-14-7-9-17/h1-5,10,14H,6-9,11H2. The maximum absolute atomic E-state index is 4.52. The monoisotopic (exact) mass is 243 g/mol. The predicted molar refractivity (Wildman–Crippen MR) is 69.5 cm³/mol. The SMILES string of the molecule is c1ccc(-n2ncc(CN3CCNCC3)n2)cc1. The molecule has 1 aromatic carbocycles. The lowest BCUT2D eigenvalue weighted by molar-refractivity contribution is 0.230. The van der Waals surface area contributed by atoms with Crippen LogP contribution in [-0.2, 0) is 6.54 Å². The van der Waals surface area contributed by atoms with E-state index in [-0.39, 0.29) is 0 Å². The molecule has 0 atom stereocenters. The van der Waals surface area contributed by atoms with Crippen molar-refractivity contribution in [2.24, 2.45) is 0 Å². The van der Waals surface area contributed by atoms with Crippen LogP contribution in [0.4, 0.5) is 0 Å². The summed E-state index contributed by atoms with van der Waals surface area (Å²) in [7, 11) is 0. The molecule has 0 aliphatic carbocycles. The van der Waals surface area contributed by atoms with Crippen molar-refractivity contribution in [2.45, 2.75) is 6.54 Å². The Labute approximate surface area is 106 Å². The second kappa shape index (κ2) is 5.29. The van der Waals surface area contributed by atoms with Crippen LogP contribution in [0, 0.1) is 0 Å². The molecule has 1 aliphatic rings. The summed E-state index contributed by atoms with van der Waals surface area (Å²) in [5.74, 6) is 0. The van der Waals surface area contributed by atoms with Crippen LogP contribution >= 0.6 is 0 Å². The van der Waals surface area contributed by atoms with E-state index < -0.39 is 0 Å². The largest absolute Gasteiger partial charge is 0.314 e. The molecule has 2 aromatic rings. The van der Waals surface area contributed by atoms with Gasteiger partial charge in [0.2, 0.25) is 0 Å². The van der Waals surface area contributed by atoms with Crippen LogP contribution in [0.15, 0.2) is 36.5 Å². The summed E-state index contributed by atoms with van der Waals surface area (Å²) in [6, 6.07) is 10.0. The molecule has 0 radical (unpaired) electrons. The molecule has 0 unspecified atom stereocenters. The third kappa shape index (κ3) is 2.57. The number of rotatable bonds is 3. The van der Waals surface area contributed by atoms with E-state index in [0.29, 0.717) is 0 Å². The van der Waals surface area contributed by atoms with Crippen LogP contribution < -0.4 is 5.32 Å². The first kappa shape index (κ1) is 11.4. The molecule has 2 heterocycles. The lowest BCUT2D eigenvalue weighted by Crippen LogP contribution is -2.42. The van der Waals surface area contributed by atoms with E-state index in [2.05, 4.69) is 20.4 Å². The Kier molecular flexibility index (Phi) is 3.34. The van der Waals surface area contributed by atoms with Gasteiger partial charge in [-0.15, -0.1) is 0 Å². The van der Waals surface area contributed by atoms with Gasteiger partial charge in [0.1, 0.15) is 0 Å². The van der Waals surface area contributed by atoms with Crippen molar-refractivity contribution in [1.82, 2.24) is 25.2 Å². The molecule has 0 amide bonds. The van der Waals surface area contributed by atoms with Crippen molar-refractivity contribution in [2.75, 3.05) is 26.2 Å². The fraction of sp³-hybridized carbons (Fsp3) is 0.385. The van der Waals surface area contributed by atoms with Crippen molar-refractivity contribution >= 4 is 0 Å². The van der Waals surface area contributed by atoms with Gasteiger partial charge in [-0.2, -0.15) is 15.0 Å². The van der Waals surface area contributed by atoms with E-state index in [9.17, 15) is 0 Å². The third-order valence-corrected chi connectivity index (χ3v) is 3.12. The second-order valence-corrected chi connectivity index (χ2v) is 4.49. The number of piperazine rings is 1. The van der Waals surface area contributed by atoms with Gasteiger partial charge in [-0.3, -0.25) is 4.90 Å². The van der Waals surface area contributed by atoms with Crippen LogP contribution in [0.1, 0.15) is 5.69 Å². The van der Waals surface area contributed by atoms with Crippen LogP contribution in [0.2, 0.25) is 0 Å². The molecule has 1 fully saturated rings. The molecule has 18 heavy (non-hydrogen) atoms. The zero-order valence-electron chi connectivity index (χ0n) is 10.3. The van der Waals surface area contributed by atoms with Gasteiger partial charge in [0.05, 0.1) is 17.6 Å². The molecule has 0 saturated carbocycles. The van der Waals surface area contributed by atoms with Crippen molar-refractivity contribution in [3.8, 4) is 5.69 Å². The van der Waals surface area contributed by atoms with Gasteiger partial charge < -0.3 is 5.32 Å². The maximum atomic E-state index is 4.52. The Hall–Kier alpha value is -1.72. The van der Waals surface area contributed by atoms with Gasteiger partial charge >= 0.3 is 0 Å². The highest BCUT2D eigenvalue weighted by atomic mass is 15.5. The van der Waals surface area contributed by atoms with Crippen molar-refractivity contribution in [1.29, 1.82) is 0 Å². The number of para-hydroxylation sites is 1.